The van der Waals surface area contributed by atoms with Gasteiger partial charge in [0.25, 0.3) is 0 Å². The van der Waals surface area contributed by atoms with Crippen LogP contribution in [0.3, 0.4) is 0 Å². The molecule has 0 bridgehead atoms. The molecule has 3 rings (SSSR count). The molecule has 0 saturated heterocycles. The molecule has 1 aromatic carbocycles. The molecule has 138 valence electrons. The highest BCUT2D eigenvalue weighted by molar-refractivity contribution is 8.00. The number of hydrogen-bond acceptors (Lipinski definition) is 6. The largest absolute Gasteiger partial charge is 0.366 e. The van der Waals surface area contributed by atoms with Gasteiger partial charge in [0.2, 0.25) is 11.8 Å². The standard InChI is InChI=1S/C18H18N6O2S/c1-11(17(26)21-14-5-3-12(4-6-14)15(19)25)27-18-23-22-16(24(18)2)13-7-9-20-10-8-13/h3-11H,1-2H3,(H2,19,25)(H,21,26)/t11-/m0/s1. The zero-order chi connectivity index (χ0) is 19.4. The number of nitrogens with zero attached hydrogens (tertiary/aromatic N) is 4. The molecule has 0 aliphatic carbocycles. The molecule has 3 N–H and O–H groups in total. The van der Waals surface area contributed by atoms with E-state index in [4.69, 9.17) is 5.73 Å². The Bertz CT molecular complexity index is 956. The first-order chi connectivity index (χ1) is 13.0. The van der Waals surface area contributed by atoms with Gasteiger partial charge in [-0.1, -0.05) is 11.8 Å². The molecule has 2 aromatic heterocycles. The second-order valence-electron chi connectivity index (χ2n) is 5.79. The molecule has 2 heterocycles. The van der Waals surface area contributed by atoms with Gasteiger partial charge in [-0.05, 0) is 43.3 Å². The molecule has 27 heavy (non-hydrogen) atoms. The Morgan fingerprint density at radius 1 is 1.11 bits per heavy atom. The Kier molecular flexibility index (Phi) is 5.51. The Labute approximate surface area is 160 Å². The van der Waals surface area contributed by atoms with Crippen LogP contribution in [0.4, 0.5) is 5.69 Å². The van der Waals surface area contributed by atoms with Crippen molar-refractivity contribution in [2.75, 3.05) is 5.32 Å². The van der Waals surface area contributed by atoms with Crippen molar-refractivity contribution in [3.63, 3.8) is 0 Å². The summed E-state index contributed by atoms with van der Waals surface area (Å²) in [5, 5.41) is 11.4. The highest BCUT2D eigenvalue weighted by Gasteiger charge is 2.19. The first-order valence-electron chi connectivity index (χ1n) is 8.13. The second-order valence-corrected chi connectivity index (χ2v) is 7.10. The van der Waals surface area contributed by atoms with Crippen LogP contribution in [0.2, 0.25) is 0 Å². The molecule has 1 atom stereocenters. The summed E-state index contributed by atoms with van der Waals surface area (Å²) in [5.74, 6) is 0.0129. The maximum Gasteiger partial charge on any atom is 0.248 e. The van der Waals surface area contributed by atoms with Gasteiger partial charge in [-0.25, -0.2) is 0 Å². The Morgan fingerprint density at radius 3 is 2.41 bits per heavy atom. The lowest BCUT2D eigenvalue weighted by molar-refractivity contribution is -0.115. The molecule has 9 heteroatoms. The first kappa shape index (κ1) is 18.6. The van der Waals surface area contributed by atoms with Crippen molar-refractivity contribution in [1.29, 1.82) is 0 Å². The van der Waals surface area contributed by atoms with Crippen LogP contribution in [-0.2, 0) is 11.8 Å². The Hall–Kier alpha value is -3.20. The highest BCUT2D eigenvalue weighted by atomic mass is 32.2. The molecule has 0 aliphatic heterocycles. The second kappa shape index (κ2) is 8.00. The molecule has 0 saturated carbocycles. The van der Waals surface area contributed by atoms with Gasteiger partial charge >= 0.3 is 0 Å². The molecule has 3 aromatic rings. The summed E-state index contributed by atoms with van der Waals surface area (Å²) in [4.78, 5) is 27.5. The van der Waals surface area contributed by atoms with Crippen molar-refractivity contribution < 1.29 is 9.59 Å². The molecule has 0 spiro atoms. The van der Waals surface area contributed by atoms with Gasteiger partial charge in [0.05, 0.1) is 5.25 Å². The third-order valence-electron chi connectivity index (χ3n) is 3.86. The van der Waals surface area contributed by atoms with Crippen LogP contribution in [0, 0.1) is 0 Å². The van der Waals surface area contributed by atoms with Crippen molar-refractivity contribution in [3.05, 3.63) is 54.4 Å². The molecule has 8 nitrogen and oxygen atoms in total. The zero-order valence-electron chi connectivity index (χ0n) is 14.8. The summed E-state index contributed by atoms with van der Waals surface area (Å²) >= 11 is 1.31. The fourth-order valence-corrected chi connectivity index (χ4v) is 3.16. The topological polar surface area (TPSA) is 116 Å². The number of hydrogen-bond donors (Lipinski definition) is 2. The van der Waals surface area contributed by atoms with E-state index in [0.717, 1.165) is 5.56 Å². The van der Waals surface area contributed by atoms with Gasteiger partial charge in [0, 0.05) is 36.3 Å². The van der Waals surface area contributed by atoms with Crippen molar-refractivity contribution >= 4 is 29.3 Å². The van der Waals surface area contributed by atoms with E-state index in [9.17, 15) is 9.59 Å². The zero-order valence-corrected chi connectivity index (χ0v) is 15.6. The van der Waals surface area contributed by atoms with E-state index in [0.29, 0.717) is 22.2 Å². The Balaban J connectivity index is 1.66. The van der Waals surface area contributed by atoms with E-state index in [2.05, 4.69) is 20.5 Å². The van der Waals surface area contributed by atoms with E-state index in [1.807, 2.05) is 23.7 Å². The van der Waals surface area contributed by atoms with Crippen LogP contribution < -0.4 is 11.1 Å². The number of aromatic nitrogens is 4. The lowest BCUT2D eigenvalue weighted by atomic mass is 10.2. The van der Waals surface area contributed by atoms with Gasteiger partial charge in [-0.15, -0.1) is 10.2 Å². The average Bonchev–Trinajstić information content (AvgIpc) is 3.03. The minimum absolute atomic E-state index is 0.180. The highest BCUT2D eigenvalue weighted by Crippen LogP contribution is 2.26. The quantitative estimate of drug-likeness (QED) is 0.631. The van der Waals surface area contributed by atoms with Crippen LogP contribution in [-0.4, -0.2) is 36.8 Å². The summed E-state index contributed by atoms with van der Waals surface area (Å²) < 4.78 is 1.84. The maximum atomic E-state index is 12.4. The summed E-state index contributed by atoms with van der Waals surface area (Å²) in [5.41, 5.74) is 7.09. The van der Waals surface area contributed by atoms with Crippen molar-refractivity contribution in [1.82, 2.24) is 19.7 Å². The molecule has 0 aliphatic rings. The fourth-order valence-electron chi connectivity index (χ4n) is 2.34. The normalized spacial score (nSPS) is 11.8. The predicted octanol–water partition coefficient (Wildman–Crippen LogP) is 2.10. The fraction of sp³-hybridized carbons (Fsp3) is 0.167. The van der Waals surface area contributed by atoms with Crippen molar-refractivity contribution in [3.8, 4) is 11.4 Å². The van der Waals surface area contributed by atoms with Gasteiger partial charge < -0.3 is 15.6 Å². The minimum atomic E-state index is -0.510. The number of anilines is 1. The Morgan fingerprint density at radius 2 is 1.78 bits per heavy atom. The number of amides is 2. The molecule has 2 amide bonds. The third kappa shape index (κ3) is 4.32. The van der Waals surface area contributed by atoms with Gasteiger partial charge in [-0.3, -0.25) is 14.6 Å². The molecular formula is C18H18N6O2S. The monoisotopic (exact) mass is 382 g/mol. The van der Waals surface area contributed by atoms with Crippen LogP contribution in [0.5, 0.6) is 0 Å². The number of benzene rings is 1. The number of pyridine rings is 1. The SMILES string of the molecule is C[C@H](Sc1nnc(-c2ccncc2)n1C)C(=O)Nc1ccc(C(N)=O)cc1. The number of carbonyl (C=O) groups excluding carboxylic acids is 2. The lowest BCUT2D eigenvalue weighted by Gasteiger charge is -2.12. The number of nitrogens with two attached hydrogens (primary N) is 1. The van der Waals surface area contributed by atoms with E-state index in [1.54, 1.807) is 43.6 Å². The number of nitrogens with one attached hydrogen (secondary N) is 1. The number of rotatable bonds is 6. The maximum absolute atomic E-state index is 12.4. The number of primary amides is 1. The van der Waals surface area contributed by atoms with Gasteiger partial charge in [-0.2, -0.15) is 0 Å². The first-order valence-corrected chi connectivity index (χ1v) is 9.01. The van der Waals surface area contributed by atoms with Crippen molar-refractivity contribution in [2.24, 2.45) is 12.8 Å². The minimum Gasteiger partial charge on any atom is -0.366 e. The van der Waals surface area contributed by atoms with E-state index in [-0.39, 0.29) is 5.91 Å². The van der Waals surface area contributed by atoms with E-state index >= 15 is 0 Å². The summed E-state index contributed by atoms with van der Waals surface area (Å²) in [7, 11) is 1.85. The van der Waals surface area contributed by atoms with Crippen LogP contribution in [0.25, 0.3) is 11.4 Å². The molecule has 0 unspecified atom stereocenters. The van der Waals surface area contributed by atoms with Crippen LogP contribution in [0.15, 0.2) is 53.9 Å². The van der Waals surface area contributed by atoms with Gasteiger partial charge in [0.15, 0.2) is 11.0 Å². The van der Waals surface area contributed by atoms with Crippen LogP contribution >= 0.6 is 11.8 Å². The summed E-state index contributed by atoms with van der Waals surface area (Å²) in [6, 6.07) is 10.1. The van der Waals surface area contributed by atoms with Crippen LogP contribution in [0.1, 0.15) is 17.3 Å². The third-order valence-corrected chi connectivity index (χ3v) is 5.00. The molecule has 0 fully saturated rings. The van der Waals surface area contributed by atoms with E-state index < -0.39 is 11.2 Å². The summed E-state index contributed by atoms with van der Waals surface area (Å²) in [6.07, 6.45) is 3.38. The molecule has 0 radical (unpaired) electrons. The van der Waals surface area contributed by atoms with E-state index in [1.165, 1.54) is 11.8 Å². The number of thioether (sulfide) groups is 1. The van der Waals surface area contributed by atoms with Crippen molar-refractivity contribution in [2.45, 2.75) is 17.3 Å². The lowest BCUT2D eigenvalue weighted by Crippen LogP contribution is -2.23. The summed E-state index contributed by atoms with van der Waals surface area (Å²) in [6.45, 7) is 1.79. The average molecular weight is 382 g/mol. The smallest absolute Gasteiger partial charge is 0.248 e. The predicted molar refractivity (Wildman–Crippen MR) is 103 cm³/mol. The van der Waals surface area contributed by atoms with Gasteiger partial charge in [0.1, 0.15) is 0 Å². The number of carbonyl (C=O) groups is 2. The molecular weight excluding hydrogens is 364 g/mol.